The van der Waals surface area contributed by atoms with E-state index in [2.05, 4.69) is 33.4 Å². The van der Waals surface area contributed by atoms with Crippen LogP contribution < -0.4 is 5.32 Å². The van der Waals surface area contributed by atoms with Crippen molar-refractivity contribution in [3.05, 3.63) is 63.6 Å². The minimum Gasteiger partial charge on any atom is -0.381 e. The first kappa shape index (κ1) is 15.6. The predicted molar refractivity (Wildman–Crippen MR) is 90.7 cm³/mol. The molecule has 21 heavy (non-hydrogen) atoms. The van der Waals surface area contributed by atoms with Gasteiger partial charge in [0.2, 0.25) is 0 Å². The SMILES string of the molecule is Cc1ccc(C(=O)N(C)C)cc1NCc1ccc(Br)cc1. The summed E-state index contributed by atoms with van der Waals surface area (Å²) in [6, 6.07) is 13.9. The minimum absolute atomic E-state index is 0.0155. The normalized spacial score (nSPS) is 10.3. The van der Waals surface area contributed by atoms with Gasteiger partial charge in [0.05, 0.1) is 0 Å². The number of aryl methyl sites for hydroxylation is 1. The van der Waals surface area contributed by atoms with Crippen LogP contribution >= 0.6 is 15.9 Å². The first-order chi connectivity index (χ1) is 9.97. The third-order valence-electron chi connectivity index (χ3n) is 3.29. The topological polar surface area (TPSA) is 32.3 Å². The van der Waals surface area contributed by atoms with Gasteiger partial charge in [-0.2, -0.15) is 0 Å². The molecular weight excluding hydrogens is 328 g/mol. The molecule has 0 fully saturated rings. The molecule has 0 saturated carbocycles. The highest BCUT2D eigenvalue weighted by atomic mass is 79.9. The first-order valence-electron chi connectivity index (χ1n) is 6.78. The summed E-state index contributed by atoms with van der Waals surface area (Å²) in [7, 11) is 3.52. The molecule has 0 aromatic heterocycles. The maximum Gasteiger partial charge on any atom is 0.253 e. The molecule has 0 radical (unpaired) electrons. The van der Waals surface area contributed by atoms with Gasteiger partial charge < -0.3 is 10.2 Å². The molecule has 2 rings (SSSR count). The van der Waals surface area contributed by atoms with Gasteiger partial charge >= 0.3 is 0 Å². The smallest absolute Gasteiger partial charge is 0.253 e. The van der Waals surface area contributed by atoms with E-state index in [-0.39, 0.29) is 5.91 Å². The number of halogens is 1. The van der Waals surface area contributed by atoms with Crippen LogP contribution in [0.2, 0.25) is 0 Å². The van der Waals surface area contributed by atoms with Gasteiger partial charge in [0.15, 0.2) is 0 Å². The Hall–Kier alpha value is -1.81. The van der Waals surface area contributed by atoms with Crippen LogP contribution in [-0.4, -0.2) is 24.9 Å². The lowest BCUT2D eigenvalue weighted by atomic mass is 10.1. The number of rotatable bonds is 4. The van der Waals surface area contributed by atoms with E-state index < -0.39 is 0 Å². The lowest BCUT2D eigenvalue weighted by molar-refractivity contribution is 0.0827. The van der Waals surface area contributed by atoms with E-state index in [0.29, 0.717) is 5.56 Å². The van der Waals surface area contributed by atoms with Crippen molar-refractivity contribution in [2.75, 3.05) is 19.4 Å². The van der Waals surface area contributed by atoms with Gasteiger partial charge in [0.1, 0.15) is 0 Å². The van der Waals surface area contributed by atoms with Crippen LogP contribution in [0.1, 0.15) is 21.5 Å². The fraction of sp³-hybridized carbons (Fsp3) is 0.235. The van der Waals surface area contributed by atoms with Gasteiger partial charge in [-0.25, -0.2) is 0 Å². The standard InChI is InChI=1S/C17H19BrN2O/c1-12-4-7-14(17(21)20(2)3)10-16(12)19-11-13-5-8-15(18)9-6-13/h4-10,19H,11H2,1-3H3. The van der Waals surface area contributed by atoms with Crippen molar-refractivity contribution in [2.45, 2.75) is 13.5 Å². The Morgan fingerprint density at radius 2 is 1.81 bits per heavy atom. The largest absolute Gasteiger partial charge is 0.381 e. The number of nitrogens with one attached hydrogen (secondary N) is 1. The monoisotopic (exact) mass is 346 g/mol. The van der Waals surface area contributed by atoms with Crippen molar-refractivity contribution < 1.29 is 4.79 Å². The van der Waals surface area contributed by atoms with Crippen molar-refractivity contribution in [1.29, 1.82) is 0 Å². The molecule has 0 unspecified atom stereocenters. The van der Waals surface area contributed by atoms with Crippen molar-refractivity contribution in [2.24, 2.45) is 0 Å². The van der Waals surface area contributed by atoms with Gasteiger partial charge in [-0.1, -0.05) is 34.1 Å². The molecular formula is C17H19BrN2O. The third kappa shape index (κ3) is 4.08. The number of carbonyl (C=O) groups excluding carboxylic acids is 1. The van der Waals surface area contributed by atoms with Crippen LogP contribution in [0.4, 0.5) is 5.69 Å². The second kappa shape index (κ2) is 6.76. The summed E-state index contributed by atoms with van der Waals surface area (Å²) >= 11 is 3.43. The molecule has 0 aliphatic carbocycles. The Labute approximate surface area is 134 Å². The molecule has 0 saturated heterocycles. The quantitative estimate of drug-likeness (QED) is 0.904. The van der Waals surface area contributed by atoms with Crippen LogP contribution in [0.3, 0.4) is 0 Å². The maximum atomic E-state index is 12.0. The summed E-state index contributed by atoms with van der Waals surface area (Å²) in [5, 5.41) is 3.40. The fourth-order valence-electron chi connectivity index (χ4n) is 2.00. The summed E-state index contributed by atoms with van der Waals surface area (Å²) in [6.45, 7) is 2.77. The highest BCUT2D eigenvalue weighted by Gasteiger charge is 2.09. The highest BCUT2D eigenvalue weighted by molar-refractivity contribution is 9.10. The average Bonchev–Trinajstić information content (AvgIpc) is 2.47. The van der Waals surface area contributed by atoms with E-state index in [1.54, 1.807) is 19.0 Å². The first-order valence-corrected chi connectivity index (χ1v) is 7.57. The number of anilines is 1. The summed E-state index contributed by atoms with van der Waals surface area (Å²) in [6.07, 6.45) is 0. The lowest BCUT2D eigenvalue weighted by Gasteiger charge is -2.14. The molecule has 2 aromatic carbocycles. The van der Waals surface area contributed by atoms with Gasteiger partial charge in [-0.05, 0) is 42.3 Å². The zero-order valence-electron chi connectivity index (χ0n) is 12.5. The van der Waals surface area contributed by atoms with Gasteiger partial charge in [-0.3, -0.25) is 4.79 Å². The van der Waals surface area contributed by atoms with Crippen molar-refractivity contribution >= 4 is 27.5 Å². The zero-order valence-corrected chi connectivity index (χ0v) is 14.1. The van der Waals surface area contributed by atoms with Crippen LogP contribution in [0.5, 0.6) is 0 Å². The lowest BCUT2D eigenvalue weighted by Crippen LogP contribution is -2.21. The molecule has 3 nitrogen and oxygen atoms in total. The number of benzene rings is 2. The molecule has 0 bridgehead atoms. The minimum atomic E-state index is 0.0155. The Morgan fingerprint density at radius 3 is 2.43 bits per heavy atom. The molecule has 110 valence electrons. The van der Waals surface area contributed by atoms with Crippen LogP contribution in [0.25, 0.3) is 0 Å². The molecule has 2 aromatic rings. The number of hydrogen-bond acceptors (Lipinski definition) is 2. The van der Waals surface area contributed by atoms with Gasteiger partial charge in [-0.15, -0.1) is 0 Å². The van der Waals surface area contributed by atoms with Gasteiger partial charge in [0, 0.05) is 36.4 Å². The molecule has 0 spiro atoms. The molecule has 0 atom stereocenters. The maximum absolute atomic E-state index is 12.0. The Balaban J connectivity index is 2.14. The van der Waals surface area contributed by atoms with Crippen LogP contribution in [0.15, 0.2) is 46.9 Å². The van der Waals surface area contributed by atoms with E-state index in [9.17, 15) is 4.79 Å². The van der Waals surface area contributed by atoms with Crippen LogP contribution in [0, 0.1) is 6.92 Å². The van der Waals surface area contributed by atoms with E-state index in [4.69, 9.17) is 0 Å². The van der Waals surface area contributed by atoms with E-state index >= 15 is 0 Å². The average molecular weight is 347 g/mol. The molecule has 4 heteroatoms. The third-order valence-corrected chi connectivity index (χ3v) is 3.82. The van der Waals surface area contributed by atoms with E-state index in [0.717, 1.165) is 22.3 Å². The Kier molecular flexibility index (Phi) is 5.02. The zero-order chi connectivity index (χ0) is 15.4. The number of hydrogen-bond donors (Lipinski definition) is 1. The van der Waals surface area contributed by atoms with Crippen molar-refractivity contribution in [3.63, 3.8) is 0 Å². The van der Waals surface area contributed by atoms with E-state index in [1.165, 1.54) is 5.56 Å². The predicted octanol–water partition coefficient (Wildman–Crippen LogP) is 4.07. The number of nitrogens with zero attached hydrogens (tertiary/aromatic N) is 1. The molecule has 0 aliphatic heterocycles. The molecule has 1 amide bonds. The molecule has 1 N–H and O–H groups in total. The summed E-state index contributed by atoms with van der Waals surface area (Å²) in [5.74, 6) is 0.0155. The number of carbonyl (C=O) groups is 1. The Morgan fingerprint density at radius 1 is 1.14 bits per heavy atom. The molecule has 0 aliphatic rings. The van der Waals surface area contributed by atoms with Crippen molar-refractivity contribution in [3.8, 4) is 0 Å². The second-order valence-electron chi connectivity index (χ2n) is 5.21. The second-order valence-corrected chi connectivity index (χ2v) is 6.12. The highest BCUT2D eigenvalue weighted by Crippen LogP contribution is 2.19. The van der Waals surface area contributed by atoms with E-state index in [1.807, 2.05) is 37.3 Å². The Bertz CT molecular complexity index is 636. The van der Waals surface area contributed by atoms with Crippen molar-refractivity contribution in [1.82, 2.24) is 4.90 Å². The van der Waals surface area contributed by atoms with Gasteiger partial charge in [0.25, 0.3) is 5.91 Å². The summed E-state index contributed by atoms with van der Waals surface area (Å²) in [4.78, 5) is 13.6. The number of amides is 1. The summed E-state index contributed by atoms with van der Waals surface area (Å²) in [5.41, 5.74) is 4.01. The fourth-order valence-corrected chi connectivity index (χ4v) is 2.27. The molecule has 0 heterocycles. The summed E-state index contributed by atoms with van der Waals surface area (Å²) < 4.78 is 1.07. The van der Waals surface area contributed by atoms with Crippen LogP contribution in [-0.2, 0) is 6.54 Å².